The molecule has 5 rings (SSSR count). The Kier molecular flexibility index (Phi) is 5.30. The quantitative estimate of drug-likeness (QED) is 0.696. The van der Waals surface area contributed by atoms with Crippen molar-refractivity contribution >= 4 is 29.7 Å². The van der Waals surface area contributed by atoms with Crippen LogP contribution in [0.5, 0.6) is 0 Å². The van der Waals surface area contributed by atoms with Crippen molar-refractivity contribution in [3.63, 3.8) is 0 Å². The molecule has 1 spiro atoms. The first-order valence-corrected chi connectivity index (χ1v) is 9.74. The summed E-state index contributed by atoms with van der Waals surface area (Å²) in [6.07, 6.45) is 5.28. The second kappa shape index (κ2) is 7.89. The molecule has 0 atom stereocenters. The van der Waals surface area contributed by atoms with E-state index >= 15 is 0 Å². The van der Waals surface area contributed by atoms with Gasteiger partial charge in [-0.1, -0.05) is 24.3 Å². The van der Waals surface area contributed by atoms with Crippen molar-refractivity contribution in [3.05, 3.63) is 72.6 Å². The van der Waals surface area contributed by atoms with Gasteiger partial charge in [0, 0.05) is 12.4 Å². The van der Waals surface area contributed by atoms with E-state index in [4.69, 9.17) is 0 Å². The number of benzene rings is 2. The zero-order chi connectivity index (χ0) is 19.0. The third-order valence-electron chi connectivity index (χ3n) is 5.70. The van der Waals surface area contributed by atoms with E-state index in [2.05, 4.69) is 33.9 Å². The van der Waals surface area contributed by atoms with Gasteiger partial charge >= 0.3 is 0 Å². The number of para-hydroxylation sites is 2. The Bertz CT molecular complexity index is 998. The average molecular weight is 410 g/mol. The number of nitrogens with zero attached hydrogens (tertiary/aromatic N) is 3. The molecule has 1 saturated heterocycles. The molecule has 1 fully saturated rings. The summed E-state index contributed by atoms with van der Waals surface area (Å²) < 4.78 is 1.84. The van der Waals surface area contributed by atoms with Crippen LogP contribution in [0.2, 0.25) is 0 Å². The minimum Gasteiger partial charge on any atom is -0.369 e. The minimum absolute atomic E-state index is 0. The van der Waals surface area contributed by atoms with Crippen molar-refractivity contribution in [2.45, 2.75) is 24.9 Å². The number of carbonyl (C=O) groups excluding carboxylic acids is 1. The lowest BCUT2D eigenvalue weighted by atomic mass is 9.84. The Morgan fingerprint density at radius 2 is 1.86 bits per heavy atom. The van der Waals surface area contributed by atoms with E-state index in [-0.39, 0.29) is 18.3 Å². The largest absolute Gasteiger partial charge is 0.369 e. The maximum absolute atomic E-state index is 13.6. The van der Waals surface area contributed by atoms with Crippen molar-refractivity contribution in [3.8, 4) is 5.69 Å². The van der Waals surface area contributed by atoms with Crippen LogP contribution in [0.3, 0.4) is 0 Å². The van der Waals surface area contributed by atoms with Crippen LogP contribution in [-0.2, 0) is 11.3 Å². The number of rotatable bonds is 3. The maximum atomic E-state index is 13.6. The SMILES string of the molecule is Cl.O=C1N(Cc2cccc(-n3cccn3)c2)c2ccccc2NC12CCNCC2. The topological polar surface area (TPSA) is 62.2 Å². The van der Waals surface area contributed by atoms with E-state index in [1.807, 2.05) is 52.2 Å². The first-order valence-electron chi connectivity index (χ1n) is 9.74. The van der Waals surface area contributed by atoms with Gasteiger partial charge in [0.1, 0.15) is 5.54 Å². The molecule has 0 radical (unpaired) electrons. The molecule has 2 aromatic carbocycles. The second-order valence-corrected chi connectivity index (χ2v) is 7.49. The highest BCUT2D eigenvalue weighted by Crippen LogP contribution is 2.39. The predicted octanol–water partition coefficient (Wildman–Crippen LogP) is 3.38. The Balaban J connectivity index is 0.00000205. The fourth-order valence-corrected chi connectivity index (χ4v) is 4.24. The van der Waals surface area contributed by atoms with E-state index in [1.54, 1.807) is 6.20 Å². The smallest absolute Gasteiger partial charge is 0.253 e. The maximum Gasteiger partial charge on any atom is 0.253 e. The molecule has 7 heteroatoms. The summed E-state index contributed by atoms with van der Waals surface area (Å²) in [5, 5.41) is 11.2. The van der Waals surface area contributed by atoms with E-state index in [9.17, 15) is 4.79 Å². The third-order valence-corrected chi connectivity index (χ3v) is 5.70. The molecule has 2 aliphatic rings. The molecule has 3 aromatic rings. The summed E-state index contributed by atoms with van der Waals surface area (Å²) in [4.78, 5) is 15.5. The number of nitrogens with one attached hydrogen (secondary N) is 2. The summed E-state index contributed by atoms with van der Waals surface area (Å²) in [5.41, 5.74) is 3.55. The van der Waals surface area contributed by atoms with Crippen LogP contribution in [-0.4, -0.2) is 34.3 Å². The van der Waals surface area contributed by atoms with Crippen LogP contribution in [0.1, 0.15) is 18.4 Å². The number of halogens is 1. The Labute approximate surface area is 176 Å². The molecule has 150 valence electrons. The lowest BCUT2D eigenvalue weighted by Gasteiger charge is -2.46. The van der Waals surface area contributed by atoms with Crippen molar-refractivity contribution in [2.75, 3.05) is 23.3 Å². The molecule has 0 saturated carbocycles. The van der Waals surface area contributed by atoms with E-state index in [0.717, 1.165) is 48.6 Å². The molecular weight excluding hydrogens is 386 g/mol. The first kappa shape index (κ1) is 19.5. The van der Waals surface area contributed by atoms with Crippen LogP contribution in [0.25, 0.3) is 5.69 Å². The molecule has 3 heterocycles. The normalized spacial score (nSPS) is 17.4. The molecule has 29 heavy (non-hydrogen) atoms. The molecule has 2 aliphatic heterocycles. The number of hydrogen-bond acceptors (Lipinski definition) is 4. The van der Waals surface area contributed by atoms with E-state index < -0.39 is 5.54 Å². The standard InChI is InChI=1S/C22H23N5O.ClH/c28-21-22(9-12-23-13-10-22)25-19-7-1-2-8-20(19)26(21)16-17-5-3-6-18(15-17)27-14-4-11-24-27;/h1-8,11,14-15,23,25H,9-10,12-13,16H2;1H. The summed E-state index contributed by atoms with van der Waals surface area (Å²) in [6, 6.07) is 18.2. The van der Waals surface area contributed by atoms with E-state index in [1.165, 1.54) is 0 Å². The Morgan fingerprint density at radius 3 is 2.66 bits per heavy atom. The highest BCUT2D eigenvalue weighted by atomic mass is 35.5. The first-order chi connectivity index (χ1) is 13.8. The summed E-state index contributed by atoms with van der Waals surface area (Å²) in [7, 11) is 0. The van der Waals surface area contributed by atoms with Crippen LogP contribution in [0.4, 0.5) is 11.4 Å². The van der Waals surface area contributed by atoms with Gasteiger partial charge in [0.25, 0.3) is 5.91 Å². The number of carbonyl (C=O) groups is 1. The zero-order valence-corrected chi connectivity index (χ0v) is 16.9. The van der Waals surface area contributed by atoms with Crippen molar-refractivity contribution in [1.29, 1.82) is 0 Å². The summed E-state index contributed by atoms with van der Waals surface area (Å²) in [6.45, 7) is 2.24. The second-order valence-electron chi connectivity index (χ2n) is 7.49. The van der Waals surface area contributed by atoms with Crippen molar-refractivity contribution in [2.24, 2.45) is 0 Å². The van der Waals surface area contributed by atoms with Crippen LogP contribution in [0.15, 0.2) is 67.0 Å². The van der Waals surface area contributed by atoms with Gasteiger partial charge in [-0.2, -0.15) is 5.10 Å². The molecule has 1 aromatic heterocycles. The summed E-state index contributed by atoms with van der Waals surface area (Å²) >= 11 is 0. The molecule has 0 unspecified atom stereocenters. The highest BCUT2D eigenvalue weighted by Gasteiger charge is 2.46. The molecule has 0 aliphatic carbocycles. The summed E-state index contributed by atoms with van der Waals surface area (Å²) in [5.74, 6) is 0.164. The van der Waals surface area contributed by atoms with Gasteiger partial charge in [-0.05, 0) is 61.8 Å². The third kappa shape index (κ3) is 3.50. The van der Waals surface area contributed by atoms with Gasteiger partial charge < -0.3 is 15.5 Å². The van der Waals surface area contributed by atoms with Gasteiger partial charge in [0.05, 0.1) is 23.6 Å². The number of hydrogen-bond donors (Lipinski definition) is 2. The molecule has 2 N–H and O–H groups in total. The monoisotopic (exact) mass is 409 g/mol. The number of aromatic nitrogens is 2. The van der Waals surface area contributed by atoms with Gasteiger partial charge in [0.2, 0.25) is 0 Å². The lowest BCUT2D eigenvalue weighted by molar-refractivity contribution is -0.124. The average Bonchev–Trinajstić information content (AvgIpc) is 3.27. The lowest BCUT2D eigenvalue weighted by Crippen LogP contribution is -2.61. The molecule has 0 bridgehead atoms. The van der Waals surface area contributed by atoms with Gasteiger partial charge in [-0.15, -0.1) is 12.4 Å². The number of anilines is 2. The fourth-order valence-electron chi connectivity index (χ4n) is 4.24. The number of piperidine rings is 1. The van der Waals surface area contributed by atoms with E-state index in [0.29, 0.717) is 6.54 Å². The Hall–Kier alpha value is -2.83. The van der Waals surface area contributed by atoms with Crippen molar-refractivity contribution in [1.82, 2.24) is 15.1 Å². The fraction of sp³-hybridized carbons (Fsp3) is 0.273. The molecule has 6 nitrogen and oxygen atoms in total. The molecule has 1 amide bonds. The molecular formula is C22H24ClN5O. The van der Waals surface area contributed by atoms with Gasteiger partial charge in [-0.25, -0.2) is 4.68 Å². The van der Waals surface area contributed by atoms with Crippen molar-refractivity contribution < 1.29 is 4.79 Å². The highest BCUT2D eigenvalue weighted by molar-refractivity contribution is 6.07. The van der Waals surface area contributed by atoms with Gasteiger partial charge in [0.15, 0.2) is 0 Å². The van der Waals surface area contributed by atoms with Crippen LogP contribution >= 0.6 is 12.4 Å². The Morgan fingerprint density at radius 1 is 1.03 bits per heavy atom. The van der Waals surface area contributed by atoms with Gasteiger partial charge in [-0.3, -0.25) is 4.79 Å². The number of fused-ring (bicyclic) bond motifs is 1. The number of amides is 1. The predicted molar refractivity (Wildman–Crippen MR) is 117 cm³/mol. The zero-order valence-electron chi connectivity index (χ0n) is 16.0. The minimum atomic E-state index is -0.515. The van der Waals surface area contributed by atoms with Crippen LogP contribution in [0, 0.1) is 0 Å². The van der Waals surface area contributed by atoms with Crippen LogP contribution < -0.4 is 15.5 Å².